The molecule has 2 aromatic heterocycles. The van der Waals surface area contributed by atoms with Crippen LogP contribution in [0.5, 0.6) is 0 Å². The minimum atomic E-state index is -0.244. The van der Waals surface area contributed by atoms with Gasteiger partial charge >= 0.3 is 0 Å². The lowest BCUT2D eigenvalue weighted by Crippen LogP contribution is -2.44. The molecule has 2 aliphatic heterocycles. The zero-order chi connectivity index (χ0) is 31.8. The standard InChI is InChI=1S/C34H39Cl2N7O2/c1-5-30(44)42-10-6-7-27(20-42)43-32-28(22(3)31(33(43)45)23-16-24(35)18-25(36)17-23)19-37-34(39-32)38-26-8-9-29(21(2)15-26)41-13-11-40(4)12-14-41/h8-9,15-19,27H,5-7,10-14,20H2,1-4H3,(H,37,38,39). The van der Waals surface area contributed by atoms with E-state index in [1.807, 2.05) is 24.8 Å². The summed E-state index contributed by atoms with van der Waals surface area (Å²) in [6, 6.07) is 11.2. The largest absolute Gasteiger partial charge is 0.369 e. The Bertz CT molecular complexity index is 1800. The zero-order valence-electron chi connectivity index (χ0n) is 26.2. The lowest BCUT2D eigenvalue weighted by Gasteiger charge is -2.35. The van der Waals surface area contributed by atoms with Crippen LogP contribution >= 0.6 is 23.2 Å². The second-order valence-corrected chi connectivity index (χ2v) is 13.0. The number of carbonyl (C=O) groups excluding carboxylic acids is 1. The molecule has 9 nitrogen and oxygen atoms in total. The van der Waals surface area contributed by atoms with Crippen molar-refractivity contribution in [1.82, 2.24) is 24.3 Å². The number of pyridine rings is 1. The molecule has 1 unspecified atom stereocenters. The van der Waals surface area contributed by atoms with E-state index in [-0.39, 0.29) is 17.5 Å². The molecule has 45 heavy (non-hydrogen) atoms. The molecule has 0 aliphatic carbocycles. The fraction of sp³-hybridized carbons (Fsp3) is 0.412. The summed E-state index contributed by atoms with van der Waals surface area (Å²) < 4.78 is 1.76. The Hall–Kier alpha value is -3.66. The number of carbonyl (C=O) groups is 1. The number of nitrogens with zero attached hydrogens (tertiary/aromatic N) is 6. The van der Waals surface area contributed by atoms with E-state index < -0.39 is 0 Å². The number of aromatic nitrogens is 3. The van der Waals surface area contributed by atoms with Crippen LogP contribution in [-0.2, 0) is 4.79 Å². The number of nitrogens with one attached hydrogen (secondary N) is 1. The summed E-state index contributed by atoms with van der Waals surface area (Å²) in [5.74, 6) is 0.482. The molecule has 0 bridgehead atoms. The van der Waals surface area contributed by atoms with Gasteiger partial charge in [0.1, 0.15) is 5.65 Å². The Morgan fingerprint density at radius 2 is 1.76 bits per heavy atom. The second kappa shape index (κ2) is 13.0. The Morgan fingerprint density at radius 3 is 2.44 bits per heavy atom. The lowest BCUT2D eigenvalue weighted by molar-refractivity contribution is -0.132. The maximum absolute atomic E-state index is 14.5. The second-order valence-electron chi connectivity index (χ2n) is 12.2. The molecular weight excluding hydrogens is 609 g/mol. The number of anilines is 3. The number of likely N-dealkylation sites (tertiary alicyclic amines) is 1. The highest BCUT2D eigenvalue weighted by Gasteiger charge is 2.29. The van der Waals surface area contributed by atoms with Gasteiger partial charge in [-0.2, -0.15) is 4.98 Å². The van der Waals surface area contributed by atoms with Gasteiger partial charge in [-0.1, -0.05) is 30.1 Å². The molecular formula is C34H39Cl2N7O2. The van der Waals surface area contributed by atoms with Gasteiger partial charge in [-0.3, -0.25) is 14.2 Å². The summed E-state index contributed by atoms with van der Waals surface area (Å²) in [6.07, 6.45) is 3.74. The van der Waals surface area contributed by atoms with Crippen LogP contribution in [-0.4, -0.2) is 76.6 Å². The van der Waals surface area contributed by atoms with E-state index >= 15 is 0 Å². The van der Waals surface area contributed by atoms with E-state index in [0.717, 1.165) is 55.7 Å². The van der Waals surface area contributed by atoms with E-state index in [0.29, 0.717) is 52.3 Å². The molecule has 2 aromatic carbocycles. The molecule has 1 N–H and O–H groups in total. The van der Waals surface area contributed by atoms with E-state index in [1.165, 1.54) is 11.3 Å². The van der Waals surface area contributed by atoms with Gasteiger partial charge in [-0.05, 0) is 86.8 Å². The predicted molar refractivity (Wildman–Crippen MR) is 183 cm³/mol. The monoisotopic (exact) mass is 647 g/mol. The maximum atomic E-state index is 14.5. The molecule has 11 heteroatoms. The Kier molecular flexibility index (Phi) is 9.04. The molecule has 6 rings (SSSR count). The summed E-state index contributed by atoms with van der Waals surface area (Å²) in [7, 11) is 2.16. The number of likely N-dealkylation sites (N-methyl/N-ethyl adjacent to an activating group) is 1. The Labute approximate surface area is 273 Å². The fourth-order valence-electron chi connectivity index (χ4n) is 6.65. The third-order valence-electron chi connectivity index (χ3n) is 9.07. The minimum Gasteiger partial charge on any atom is -0.369 e. The number of hydrogen-bond acceptors (Lipinski definition) is 7. The number of halogens is 2. The van der Waals surface area contributed by atoms with Crippen molar-refractivity contribution in [2.24, 2.45) is 0 Å². The van der Waals surface area contributed by atoms with Gasteiger partial charge in [0.25, 0.3) is 5.56 Å². The molecule has 0 saturated carbocycles. The number of amides is 1. The van der Waals surface area contributed by atoms with Crippen LogP contribution in [0.15, 0.2) is 47.4 Å². The molecule has 2 aliphatic rings. The minimum absolute atomic E-state index is 0.0818. The number of piperazine rings is 1. The molecule has 2 saturated heterocycles. The molecule has 0 radical (unpaired) electrons. The van der Waals surface area contributed by atoms with Crippen molar-refractivity contribution >= 4 is 57.5 Å². The Morgan fingerprint density at radius 1 is 1.02 bits per heavy atom. The fourth-order valence-corrected chi connectivity index (χ4v) is 7.18. The smallest absolute Gasteiger partial charge is 0.260 e. The van der Waals surface area contributed by atoms with Crippen LogP contribution in [0, 0.1) is 13.8 Å². The van der Waals surface area contributed by atoms with Crippen LogP contribution in [0.1, 0.15) is 43.4 Å². The first-order valence-corrected chi connectivity index (χ1v) is 16.4. The predicted octanol–water partition coefficient (Wildman–Crippen LogP) is 6.45. The first kappa shape index (κ1) is 31.3. The van der Waals surface area contributed by atoms with Crippen LogP contribution in [0.25, 0.3) is 22.2 Å². The van der Waals surface area contributed by atoms with Crippen molar-refractivity contribution in [3.05, 3.63) is 74.1 Å². The van der Waals surface area contributed by atoms with Gasteiger partial charge in [-0.15, -0.1) is 0 Å². The number of rotatable bonds is 6. The van der Waals surface area contributed by atoms with Gasteiger partial charge < -0.3 is 20.0 Å². The van der Waals surface area contributed by atoms with Gasteiger partial charge in [0.05, 0.1) is 11.6 Å². The topological polar surface area (TPSA) is 86.6 Å². The summed E-state index contributed by atoms with van der Waals surface area (Å²) >= 11 is 12.7. The SMILES string of the molecule is CCC(=O)N1CCCC(n2c(=O)c(-c3cc(Cl)cc(Cl)c3)c(C)c3cnc(Nc4ccc(N5CCN(C)CC5)c(C)c4)nc32)C1. The first-order chi connectivity index (χ1) is 21.6. The quantitative estimate of drug-likeness (QED) is 0.257. The molecule has 1 amide bonds. The van der Waals surface area contributed by atoms with E-state index in [1.54, 1.807) is 29.0 Å². The molecule has 2 fully saturated rings. The number of fused-ring (bicyclic) bond motifs is 1. The van der Waals surface area contributed by atoms with Crippen molar-refractivity contribution in [3.8, 4) is 11.1 Å². The van der Waals surface area contributed by atoms with Gasteiger partial charge in [0.15, 0.2) is 0 Å². The number of hydrogen-bond donors (Lipinski definition) is 1. The summed E-state index contributed by atoms with van der Waals surface area (Å²) in [4.78, 5) is 43.4. The molecule has 0 spiro atoms. The average Bonchev–Trinajstić information content (AvgIpc) is 3.01. The van der Waals surface area contributed by atoms with Crippen LogP contribution < -0.4 is 15.8 Å². The van der Waals surface area contributed by atoms with Crippen molar-refractivity contribution in [1.29, 1.82) is 0 Å². The summed E-state index contributed by atoms with van der Waals surface area (Å²) in [6.45, 7) is 11.1. The van der Waals surface area contributed by atoms with Gasteiger partial charge in [-0.25, -0.2) is 4.98 Å². The van der Waals surface area contributed by atoms with E-state index in [9.17, 15) is 9.59 Å². The van der Waals surface area contributed by atoms with E-state index in [4.69, 9.17) is 28.2 Å². The Balaban J connectivity index is 1.43. The van der Waals surface area contributed by atoms with Crippen molar-refractivity contribution in [2.75, 3.05) is 56.5 Å². The highest BCUT2D eigenvalue weighted by Crippen LogP contribution is 2.33. The maximum Gasteiger partial charge on any atom is 0.260 e. The van der Waals surface area contributed by atoms with Gasteiger partial charge in [0.2, 0.25) is 11.9 Å². The van der Waals surface area contributed by atoms with Crippen molar-refractivity contribution in [3.63, 3.8) is 0 Å². The number of aryl methyl sites for hydroxylation is 2. The lowest BCUT2D eigenvalue weighted by atomic mass is 9.98. The normalized spacial score (nSPS) is 17.6. The van der Waals surface area contributed by atoms with Crippen LogP contribution in [0.4, 0.5) is 17.3 Å². The van der Waals surface area contributed by atoms with Gasteiger partial charge in [0, 0.05) is 78.7 Å². The summed E-state index contributed by atoms with van der Waals surface area (Å²) in [5, 5.41) is 5.03. The van der Waals surface area contributed by atoms with Crippen molar-refractivity contribution in [2.45, 2.75) is 46.1 Å². The highest BCUT2D eigenvalue weighted by atomic mass is 35.5. The first-order valence-electron chi connectivity index (χ1n) is 15.6. The molecule has 4 heterocycles. The third-order valence-corrected chi connectivity index (χ3v) is 9.51. The van der Waals surface area contributed by atoms with Crippen LogP contribution in [0.3, 0.4) is 0 Å². The number of benzene rings is 2. The molecule has 1 atom stereocenters. The zero-order valence-corrected chi connectivity index (χ0v) is 27.8. The molecule has 4 aromatic rings. The van der Waals surface area contributed by atoms with E-state index in [2.05, 4.69) is 46.2 Å². The van der Waals surface area contributed by atoms with Crippen molar-refractivity contribution < 1.29 is 4.79 Å². The number of piperidine rings is 1. The highest BCUT2D eigenvalue weighted by molar-refractivity contribution is 6.35. The summed E-state index contributed by atoms with van der Waals surface area (Å²) in [5.41, 5.74) is 5.52. The average molecular weight is 649 g/mol. The molecule has 236 valence electrons. The third kappa shape index (κ3) is 6.39. The van der Waals surface area contributed by atoms with Crippen LogP contribution in [0.2, 0.25) is 10.0 Å².